The number of aliphatic hydroxyl groups excluding tert-OH is 1. The summed E-state index contributed by atoms with van der Waals surface area (Å²) in [6.45, 7) is 8.82. The quantitative estimate of drug-likeness (QED) is 0.0571. The predicted octanol–water partition coefficient (Wildman–Crippen LogP) is 2.15. The van der Waals surface area contributed by atoms with Crippen molar-refractivity contribution in [2.24, 2.45) is 11.8 Å². The minimum atomic E-state index is -1.43. The van der Waals surface area contributed by atoms with Crippen molar-refractivity contribution in [3.05, 3.63) is 76.3 Å². The first-order chi connectivity index (χ1) is 47.5. The van der Waals surface area contributed by atoms with Gasteiger partial charge in [-0.3, -0.25) is 52.8 Å². The average molecular weight is 1380 g/mol. The SMILES string of the molecule is CC[C@H]1CN2CCc3cc(OC)c(OC)cc3[C@@H]2C[C@@H]1C[C@@H]1c2cc(OC)c(OC)cc2CCN1C(=O)OCc1ccc(NC(=O)[C@@H]2CCCN2C(=O)[C@H](C)NC(=O)[C@@H]2CCCN2C(=O)CNC(=O)[C@H](C)NC(=O)[C@@H]2CCCN2C(=O)CNC(=O)[C@H](CO)NC(=O)[C@H](C)NC(C)=O)cc1. The molecular formula is C70H96N12O17. The van der Waals surface area contributed by atoms with Crippen molar-refractivity contribution in [2.75, 3.05) is 92.7 Å². The van der Waals surface area contributed by atoms with Crippen LogP contribution in [0.25, 0.3) is 0 Å². The summed E-state index contributed by atoms with van der Waals surface area (Å²) in [5.41, 5.74) is 5.79. The van der Waals surface area contributed by atoms with Gasteiger partial charge in [-0.1, -0.05) is 25.5 Å². The molecular weight excluding hydrogens is 1280 g/mol. The van der Waals surface area contributed by atoms with Crippen LogP contribution in [0.1, 0.15) is 132 Å². The molecule has 0 spiro atoms. The lowest BCUT2D eigenvalue weighted by Gasteiger charge is -2.49. The summed E-state index contributed by atoms with van der Waals surface area (Å²) >= 11 is 0. The van der Waals surface area contributed by atoms with Gasteiger partial charge in [0.15, 0.2) is 23.0 Å². The van der Waals surface area contributed by atoms with E-state index < -0.39 is 127 Å². The van der Waals surface area contributed by atoms with E-state index in [1.165, 1.54) is 53.5 Å². The first-order valence-electron chi connectivity index (χ1n) is 34.3. The molecule has 6 heterocycles. The third-order valence-electron chi connectivity index (χ3n) is 20.2. The monoisotopic (exact) mass is 1380 g/mol. The summed E-state index contributed by atoms with van der Waals surface area (Å²) in [7, 11) is 6.56. The summed E-state index contributed by atoms with van der Waals surface area (Å²) in [6.07, 6.45) is 6.07. The molecule has 3 aromatic rings. The van der Waals surface area contributed by atoms with Crippen LogP contribution < -0.4 is 56.2 Å². The molecule has 29 nitrogen and oxygen atoms in total. The maximum absolute atomic E-state index is 14.5. The van der Waals surface area contributed by atoms with Crippen LogP contribution in [0.15, 0.2) is 48.5 Å². The molecule has 3 aromatic carbocycles. The van der Waals surface area contributed by atoms with Crippen LogP contribution in [0.4, 0.5) is 10.5 Å². The Morgan fingerprint density at radius 2 is 1.08 bits per heavy atom. The Balaban J connectivity index is 0.733. The Hall–Kier alpha value is -9.25. The second kappa shape index (κ2) is 33.5. The highest BCUT2D eigenvalue weighted by Crippen LogP contribution is 2.49. The third-order valence-corrected chi connectivity index (χ3v) is 20.2. The Kier molecular flexibility index (Phi) is 25.1. The molecule has 0 bridgehead atoms. The molecule has 6 aliphatic rings. The maximum atomic E-state index is 14.5. The molecule has 29 heteroatoms. The van der Waals surface area contributed by atoms with Crippen LogP contribution in [-0.4, -0.2) is 224 Å². The molecule has 538 valence electrons. The van der Waals surface area contributed by atoms with Gasteiger partial charge in [-0.2, -0.15) is 0 Å². The van der Waals surface area contributed by atoms with Crippen LogP contribution >= 0.6 is 0 Å². The highest BCUT2D eigenvalue weighted by Gasteiger charge is 2.44. The molecule has 11 atom stereocenters. The van der Waals surface area contributed by atoms with E-state index in [-0.39, 0.29) is 57.1 Å². The van der Waals surface area contributed by atoms with E-state index in [0.29, 0.717) is 79.5 Å². The second-order valence-electron chi connectivity index (χ2n) is 26.4. The Morgan fingerprint density at radius 1 is 0.566 bits per heavy atom. The number of piperidine rings is 1. The topological polar surface area (TPSA) is 355 Å². The first-order valence-corrected chi connectivity index (χ1v) is 34.3. The van der Waals surface area contributed by atoms with Gasteiger partial charge in [-0.15, -0.1) is 0 Å². The number of ether oxygens (including phenoxy) is 5. The van der Waals surface area contributed by atoms with Gasteiger partial charge in [0.2, 0.25) is 59.1 Å². The van der Waals surface area contributed by atoms with Crippen molar-refractivity contribution >= 4 is 70.9 Å². The fraction of sp³-hybridized carbons (Fsp3) is 0.586. The smallest absolute Gasteiger partial charge is 0.410 e. The molecule has 0 unspecified atom stereocenters. The van der Waals surface area contributed by atoms with Gasteiger partial charge in [0.1, 0.15) is 48.9 Å². The van der Waals surface area contributed by atoms with Crippen LogP contribution in [0.2, 0.25) is 0 Å². The summed E-state index contributed by atoms with van der Waals surface area (Å²) in [4.78, 5) is 154. The van der Waals surface area contributed by atoms with Crippen LogP contribution in [0.5, 0.6) is 23.0 Å². The normalized spacial score (nSPS) is 22.1. The maximum Gasteiger partial charge on any atom is 0.410 e. The largest absolute Gasteiger partial charge is 0.493 e. The van der Waals surface area contributed by atoms with Gasteiger partial charge in [0.25, 0.3) is 0 Å². The zero-order chi connectivity index (χ0) is 71.4. The Labute approximate surface area is 576 Å². The lowest BCUT2D eigenvalue weighted by Crippen LogP contribution is -2.56. The number of aliphatic hydroxyl groups is 1. The van der Waals surface area contributed by atoms with Crippen LogP contribution in [-0.2, 0) is 72.1 Å². The summed E-state index contributed by atoms with van der Waals surface area (Å²) in [5.74, 6) is -2.85. The molecule has 11 amide bonds. The van der Waals surface area contributed by atoms with Gasteiger partial charge < -0.3 is 85.6 Å². The number of benzene rings is 3. The van der Waals surface area contributed by atoms with Crippen molar-refractivity contribution in [2.45, 2.75) is 166 Å². The van der Waals surface area contributed by atoms with Crippen molar-refractivity contribution in [3.8, 4) is 23.0 Å². The van der Waals surface area contributed by atoms with Gasteiger partial charge >= 0.3 is 6.09 Å². The fourth-order valence-corrected chi connectivity index (χ4v) is 14.8. The van der Waals surface area contributed by atoms with Crippen molar-refractivity contribution < 1.29 is 81.5 Å². The zero-order valence-electron chi connectivity index (χ0n) is 58.0. The van der Waals surface area contributed by atoms with Crippen LogP contribution in [0.3, 0.4) is 0 Å². The third kappa shape index (κ3) is 17.4. The first kappa shape index (κ1) is 74.0. The number of nitrogens with zero attached hydrogens (tertiary/aromatic N) is 5. The molecule has 8 N–H and O–H groups in total. The molecule has 0 saturated carbocycles. The number of carbonyl (C=O) groups excluding carboxylic acids is 11. The van der Waals surface area contributed by atoms with Crippen molar-refractivity contribution in [1.29, 1.82) is 0 Å². The minimum Gasteiger partial charge on any atom is -0.493 e. The highest BCUT2D eigenvalue weighted by molar-refractivity contribution is 6.00. The van der Waals surface area contributed by atoms with Gasteiger partial charge in [0, 0.05) is 57.9 Å². The van der Waals surface area contributed by atoms with Crippen molar-refractivity contribution in [3.63, 3.8) is 0 Å². The Bertz CT molecular complexity index is 3500. The number of hydrogen-bond acceptors (Lipinski definition) is 18. The van der Waals surface area contributed by atoms with E-state index >= 15 is 0 Å². The standard InChI is InChI=1S/C70H96N12O17/c1-10-44-36-78-26-21-45-30-57(95-6)59(97-8)32-49(45)55(78)28-47(44)29-56-50-33-60(98-9)58(96-7)31-46(50)22-27-82(56)70(94)99-38-43-17-19-48(20-18-43)76-68(92)54-16-13-25-81(54)69(93)41(4)75-67(91)53-15-12-24-80(53)61(85)34-71-63(87)39(2)74-66(90)52-14-11-23-79(52)62(86)35-72-65(89)51(37-83)77-64(88)40(3)73-42(5)84/h17-20,30-33,39-41,44,47,51-56,83H,10-16,21-29,34-38H2,1-9H3,(H,71,87)(H,72,89)(H,73,84)(H,74,90)(H,75,91)(H,76,92)(H,77,88)/t39-,40-,41-,44-,47+,51-,52-,53-,54-,55-,56+/m0/s1. The van der Waals surface area contributed by atoms with Crippen molar-refractivity contribution in [1.82, 2.24) is 56.4 Å². The number of hydrogen-bond donors (Lipinski definition) is 8. The number of anilines is 1. The minimum absolute atomic E-state index is 0.0273. The summed E-state index contributed by atoms with van der Waals surface area (Å²) < 4.78 is 29.1. The molecule has 4 saturated heterocycles. The van der Waals surface area contributed by atoms with E-state index in [1.807, 2.05) is 17.0 Å². The number of likely N-dealkylation sites (tertiary alicyclic amines) is 3. The van der Waals surface area contributed by atoms with E-state index in [1.54, 1.807) is 52.7 Å². The predicted molar refractivity (Wildman–Crippen MR) is 360 cm³/mol. The molecule has 0 radical (unpaired) electrons. The van der Waals surface area contributed by atoms with E-state index in [4.69, 9.17) is 23.7 Å². The molecule has 9 rings (SSSR count). The fourth-order valence-electron chi connectivity index (χ4n) is 14.8. The number of amides is 11. The molecule has 0 aliphatic carbocycles. The molecule has 0 aromatic heterocycles. The number of rotatable bonds is 26. The molecule has 4 fully saturated rings. The lowest BCUT2D eigenvalue weighted by molar-refractivity contribution is -0.142. The zero-order valence-corrected chi connectivity index (χ0v) is 58.0. The van der Waals surface area contributed by atoms with E-state index in [0.717, 1.165) is 49.2 Å². The average Bonchev–Trinajstić information content (AvgIpc) is 1.52. The number of carbonyl (C=O) groups is 11. The molecule has 6 aliphatic heterocycles. The van der Waals surface area contributed by atoms with E-state index in [2.05, 4.69) is 61.2 Å². The number of fused-ring (bicyclic) bond motifs is 4. The number of nitrogens with one attached hydrogen (secondary N) is 7. The summed E-state index contributed by atoms with van der Waals surface area (Å²) in [5, 5.41) is 27.5. The van der Waals surface area contributed by atoms with Gasteiger partial charge in [-0.05, 0) is 161 Å². The number of methoxy groups -OCH3 is 4. The van der Waals surface area contributed by atoms with Gasteiger partial charge in [0.05, 0.1) is 54.2 Å². The molecule has 99 heavy (non-hydrogen) atoms. The summed E-state index contributed by atoms with van der Waals surface area (Å²) in [6, 6.07) is 7.68. The van der Waals surface area contributed by atoms with Crippen LogP contribution in [0, 0.1) is 11.8 Å². The lowest BCUT2D eigenvalue weighted by atomic mass is 9.72. The van der Waals surface area contributed by atoms with E-state index in [9.17, 15) is 57.8 Å². The highest BCUT2D eigenvalue weighted by atomic mass is 16.6. The second-order valence-corrected chi connectivity index (χ2v) is 26.4. The van der Waals surface area contributed by atoms with Gasteiger partial charge in [-0.25, -0.2) is 4.79 Å². The Morgan fingerprint density at radius 3 is 1.65 bits per heavy atom.